The van der Waals surface area contributed by atoms with Gasteiger partial charge in [-0.3, -0.25) is 4.55 Å². The molecule has 1 aliphatic rings. The van der Waals surface area contributed by atoms with Gasteiger partial charge in [0.2, 0.25) is 0 Å². The Kier molecular flexibility index (Phi) is 2.69. The van der Waals surface area contributed by atoms with Crippen molar-refractivity contribution in [3.05, 3.63) is 48.5 Å². The van der Waals surface area contributed by atoms with Gasteiger partial charge in [-0.1, -0.05) is 18.2 Å². The summed E-state index contributed by atoms with van der Waals surface area (Å²) in [4.78, 5) is 1.85. The van der Waals surface area contributed by atoms with E-state index in [0.717, 1.165) is 17.1 Å². The van der Waals surface area contributed by atoms with E-state index in [4.69, 9.17) is 4.55 Å². The van der Waals surface area contributed by atoms with Gasteiger partial charge >= 0.3 is 0 Å². The smallest absolute Gasteiger partial charge is 0.294 e. The lowest BCUT2D eigenvalue weighted by Gasteiger charge is -2.18. The largest absolute Gasteiger partial charge is 0.366 e. The first-order chi connectivity index (χ1) is 9.05. The lowest BCUT2D eigenvalue weighted by atomic mass is 10.2. The minimum absolute atomic E-state index is 0.101. The molecule has 0 bridgehead atoms. The monoisotopic (exact) mass is 276 g/mol. The Hall–Kier alpha value is -2.05. The van der Waals surface area contributed by atoms with Crippen LogP contribution in [0, 0.1) is 0 Å². The van der Waals surface area contributed by atoms with Crippen molar-refractivity contribution in [2.75, 3.05) is 16.9 Å². The number of para-hydroxylation sites is 1. The third kappa shape index (κ3) is 2.16. The van der Waals surface area contributed by atoms with Crippen molar-refractivity contribution in [1.82, 2.24) is 0 Å². The van der Waals surface area contributed by atoms with Gasteiger partial charge in [-0.15, -0.1) is 0 Å². The molecule has 0 amide bonds. The van der Waals surface area contributed by atoms with Crippen LogP contribution in [-0.2, 0) is 10.1 Å². The fourth-order valence-corrected chi connectivity index (χ4v) is 2.63. The first-order valence-corrected chi connectivity index (χ1v) is 7.18. The molecule has 1 aliphatic heterocycles. The molecule has 19 heavy (non-hydrogen) atoms. The van der Waals surface area contributed by atoms with Crippen molar-refractivity contribution in [1.29, 1.82) is 0 Å². The Morgan fingerprint density at radius 3 is 2.53 bits per heavy atom. The van der Waals surface area contributed by atoms with Gasteiger partial charge in [0, 0.05) is 5.69 Å². The zero-order valence-corrected chi connectivity index (χ0v) is 10.8. The molecule has 0 aromatic heterocycles. The molecule has 5 nitrogen and oxygen atoms in total. The number of fused-ring (bicyclic) bond motifs is 1. The van der Waals surface area contributed by atoms with Crippen LogP contribution in [0.3, 0.4) is 0 Å². The Balaban J connectivity index is 2.09. The Labute approximate surface area is 111 Å². The summed E-state index contributed by atoms with van der Waals surface area (Å²) in [6.45, 7) is 0.564. The summed E-state index contributed by atoms with van der Waals surface area (Å²) < 4.78 is 31.5. The summed E-state index contributed by atoms with van der Waals surface area (Å²) in [6, 6.07) is 14.1. The van der Waals surface area contributed by atoms with Gasteiger partial charge in [-0.2, -0.15) is 8.42 Å². The predicted molar refractivity (Wildman–Crippen MR) is 73.3 cm³/mol. The van der Waals surface area contributed by atoms with Crippen LogP contribution >= 0.6 is 0 Å². The van der Waals surface area contributed by atoms with Crippen LogP contribution in [0.4, 0.5) is 17.1 Å². The van der Waals surface area contributed by atoms with Gasteiger partial charge in [-0.05, 0) is 30.3 Å². The lowest BCUT2D eigenvalue weighted by molar-refractivity contribution is 0.483. The average molecular weight is 276 g/mol. The molecular weight excluding hydrogens is 264 g/mol. The van der Waals surface area contributed by atoms with Crippen molar-refractivity contribution in [3.63, 3.8) is 0 Å². The van der Waals surface area contributed by atoms with Crippen molar-refractivity contribution < 1.29 is 13.0 Å². The van der Waals surface area contributed by atoms with Crippen LogP contribution in [0.15, 0.2) is 53.4 Å². The molecule has 0 saturated heterocycles. The highest BCUT2D eigenvalue weighted by atomic mass is 32.2. The molecule has 2 aromatic carbocycles. The van der Waals surface area contributed by atoms with Crippen molar-refractivity contribution >= 4 is 27.2 Å². The minimum Gasteiger partial charge on any atom is -0.366 e. The third-order valence-electron chi connectivity index (χ3n) is 3.05. The van der Waals surface area contributed by atoms with E-state index in [1.54, 1.807) is 6.07 Å². The van der Waals surface area contributed by atoms with E-state index in [1.165, 1.54) is 12.1 Å². The lowest BCUT2D eigenvalue weighted by Crippen LogP contribution is -2.16. The van der Waals surface area contributed by atoms with Crippen LogP contribution in [-0.4, -0.2) is 19.6 Å². The first kappa shape index (κ1) is 12.0. The average Bonchev–Trinajstić information content (AvgIpc) is 2.81. The van der Waals surface area contributed by atoms with Crippen molar-refractivity contribution in [3.8, 4) is 0 Å². The molecular formula is C13H12N2O3S. The first-order valence-electron chi connectivity index (χ1n) is 5.74. The zero-order chi connectivity index (χ0) is 13.5. The van der Waals surface area contributed by atoms with E-state index in [1.807, 2.05) is 35.2 Å². The molecule has 0 fully saturated rings. The van der Waals surface area contributed by atoms with Crippen LogP contribution in [0.2, 0.25) is 0 Å². The molecule has 3 rings (SSSR count). The van der Waals surface area contributed by atoms with Gasteiger partial charge < -0.3 is 10.2 Å². The summed E-state index contributed by atoms with van der Waals surface area (Å²) in [5.74, 6) is 0. The summed E-state index contributed by atoms with van der Waals surface area (Å²) >= 11 is 0. The Morgan fingerprint density at radius 1 is 1.11 bits per heavy atom. The highest BCUT2D eigenvalue weighted by Crippen LogP contribution is 2.37. The molecule has 0 saturated carbocycles. The normalized spacial score (nSPS) is 14.1. The molecule has 0 spiro atoms. The molecule has 0 atom stereocenters. The van der Waals surface area contributed by atoms with Crippen LogP contribution in [0.1, 0.15) is 0 Å². The standard InChI is InChI=1S/C13H12N2O3S/c16-19(17,18)11-6-7-12-13(8-11)15(9-14-12)10-4-2-1-3-5-10/h1-8,14H,9H2,(H,16,17,18). The van der Waals surface area contributed by atoms with Crippen LogP contribution in [0.5, 0.6) is 0 Å². The van der Waals surface area contributed by atoms with Gasteiger partial charge in [-0.25, -0.2) is 0 Å². The molecule has 0 unspecified atom stereocenters. The van der Waals surface area contributed by atoms with E-state index in [9.17, 15) is 8.42 Å². The second-order valence-electron chi connectivity index (χ2n) is 4.25. The number of nitrogens with zero attached hydrogens (tertiary/aromatic N) is 1. The maximum atomic E-state index is 11.2. The predicted octanol–water partition coefficient (Wildman–Crippen LogP) is 2.45. The Morgan fingerprint density at radius 2 is 1.84 bits per heavy atom. The second kappa shape index (κ2) is 4.25. The van der Waals surface area contributed by atoms with E-state index in [-0.39, 0.29) is 4.90 Å². The van der Waals surface area contributed by atoms with Gasteiger partial charge in [0.15, 0.2) is 0 Å². The molecule has 2 aromatic rings. The maximum absolute atomic E-state index is 11.2. The molecule has 1 heterocycles. The molecule has 0 radical (unpaired) electrons. The summed E-state index contributed by atoms with van der Waals surface area (Å²) in [7, 11) is -4.18. The number of benzene rings is 2. The number of hydrogen-bond donors (Lipinski definition) is 2. The molecule has 98 valence electrons. The van der Waals surface area contributed by atoms with E-state index >= 15 is 0 Å². The highest BCUT2D eigenvalue weighted by Gasteiger charge is 2.22. The van der Waals surface area contributed by atoms with Crippen molar-refractivity contribution in [2.24, 2.45) is 0 Å². The zero-order valence-electron chi connectivity index (χ0n) is 9.95. The van der Waals surface area contributed by atoms with Gasteiger partial charge in [0.25, 0.3) is 10.1 Å². The SMILES string of the molecule is O=S(=O)(O)c1ccc2c(c1)N(c1ccccc1)CN2. The molecule has 2 N–H and O–H groups in total. The van der Waals surface area contributed by atoms with E-state index in [0.29, 0.717) is 6.67 Å². The van der Waals surface area contributed by atoms with Gasteiger partial charge in [0.05, 0.1) is 22.9 Å². The van der Waals surface area contributed by atoms with Crippen molar-refractivity contribution in [2.45, 2.75) is 4.90 Å². The van der Waals surface area contributed by atoms with Crippen LogP contribution in [0.25, 0.3) is 0 Å². The number of anilines is 3. The molecule has 6 heteroatoms. The third-order valence-corrected chi connectivity index (χ3v) is 3.90. The van der Waals surface area contributed by atoms with E-state index < -0.39 is 10.1 Å². The fourth-order valence-electron chi connectivity index (χ4n) is 2.13. The number of nitrogens with one attached hydrogen (secondary N) is 1. The van der Waals surface area contributed by atoms with Crippen LogP contribution < -0.4 is 10.2 Å². The quantitative estimate of drug-likeness (QED) is 0.825. The number of rotatable bonds is 2. The summed E-state index contributed by atoms with van der Waals surface area (Å²) in [6.07, 6.45) is 0. The van der Waals surface area contributed by atoms with Gasteiger partial charge in [0.1, 0.15) is 0 Å². The summed E-state index contributed by atoms with van der Waals surface area (Å²) in [5.41, 5.74) is 2.54. The second-order valence-corrected chi connectivity index (χ2v) is 5.67. The topological polar surface area (TPSA) is 69.6 Å². The maximum Gasteiger partial charge on any atom is 0.294 e. The number of hydrogen-bond acceptors (Lipinski definition) is 4. The Bertz CT molecular complexity index is 714. The minimum atomic E-state index is -4.18. The molecule has 0 aliphatic carbocycles. The fraction of sp³-hybridized carbons (Fsp3) is 0.0769. The van der Waals surface area contributed by atoms with E-state index in [2.05, 4.69) is 5.32 Å². The highest BCUT2D eigenvalue weighted by molar-refractivity contribution is 7.85. The summed E-state index contributed by atoms with van der Waals surface area (Å²) in [5, 5.41) is 3.18.